The molecule has 0 spiro atoms. The molecule has 1 rings (SSSR count). The van der Waals surface area contributed by atoms with E-state index in [0.717, 1.165) is 0 Å². The number of halogens is 2. The van der Waals surface area contributed by atoms with Crippen molar-refractivity contribution in [2.45, 2.75) is 19.9 Å². The van der Waals surface area contributed by atoms with Crippen LogP contribution in [0.1, 0.15) is 13.8 Å². The summed E-state index contributed by atoms with van der Waals surface area (Å²) in [6.45, 7) is 3.63. The highest BCUT2D eigenvalue weighted by atomic mass is 35.5. The van der Waals surface area contributed by atoms with Gasteiger partial charge in [0.25, 0.3) is 0 Å². The first-order valence-electron chi connectivity index (χ1n) is 6.11. The topological polar surface area (TPSA) is 93.2 Å². The number of carbonyl (C=O) groups is 2. The summed E-state index contributed by atoms with van der Waals surface area (Å²) in [5.74, 6) is -0.508. The fourth-order valence-corrected chi connectivity index (χ4v) is 1.43. The maximum Gasteiger partial charge on any atom is 0.246 e. The molecule has 1 aromatic heterocycles. The van der Waals surface area contributed by atoms with Crippen molar-refractivity contribution in [1.82, 2.24) is 15.1 Å². The third-order valence-electron chi connectivity index (χ3n) is 2.89. The number of nitrogens with two attached hydrogens (primary N) is 1. The molecule has 7 nitrogen and oxygen atoms in total. The summed E-state index contributed by atoms with van der Waals surface area (Å²) < 4.78 is 1.60. The van der Waals surface area contributed by atoms with Gasteiger partial charge in [-0.05, 0) is 5.92 Å². The van der Waals surface area contributed by atoms with E-state index < -0.39 is 6.04 Å². The van der Waals surface area contributed by atoms with E-state index in [0.29, 0.717) is 5.69 Å². The molecule has 122 valence electrons. The van der Waals surface area contributed by atoms with Gasteiger partial charge in [0.1, 0.15) is 0 Å². The third kappa shape index (κ3) is 6.33. The second kappa shape index (κ2) is 9.59. The maximum absolute atomic E-state index is 11.9. The van der Waals surface area contributed by atoms with Gasteiger partial charge in [0.2, 0.25) is 11.8 Å². The van der Waals surface area contributed by atoms with Crippen LogP contribution in [0.25, 0.3) is 0 Å². The molecule has 9 heteroatoms. The van der Waals surface area contributed by atoms with E-state index >= 15 is 0 Å². The average molecular weight is 340 g/mol. The van der Waals surface area contributed by atoms with Crippen LogP contribution in [0.15, 0.2) is 12.4 Å². The van der Waals surface area contributed by atoms with Crippen LogP contribution in [0.3, 0.4) is 0 Å². The van der Waals surface area contributed by atoms with E-state index in [-0.39, 0.29) is 49.1 Å². The molecule has 0 bridgehead atoms. The SMILES string of the molecule is CC(C)[C@H](N)C(=O)NCC(=O)N(C)c1cnn(C)c1.Cl.Cl. The second-order valence-corrected chi connectivity index (χ2v) is 4.81. The first kappa shape index (κ1) is 22.0. The Morgan fingerprint density at radius 3 is 2.43 bits per heavy atom. The molecule has 0 aromatic carbocycles. The third-order valence-corrected chi connectivity index (χ3v) is 2.89. The molecule has 0 fully saturated rings. The summed E-state index contributed by atoms with van der Waals surface area (Å²) in [4.78, 5) is 25.0. The lowest BCUT2D eigenvalue weighted by atomic mass is 10.1. The molecule has 0 aliphatic carbocycles. The second-order valence-electron chi connectivity index (χ2n) is 4.81. The van der Waals surface area contributed by atoms with E-state index in [1.54, 1.807) is 31.2 Å². The van der Waals surface area contributed by atoms with Crippen molar-refractivity contribution < 1.29 is 9.59 Å². The molecule has 0 radical (unpaired) electrons. The highest BCUT2D eigenvalue weighted by Crippen LogP contribution is 2.09. The lowest BCUT2D eigenvalue weighted by Gasteiger charge is -2.18. The molecule has 2 amide bonds. The predicted molar refractivity (Wildman–Crippen MR) is 86.9 cm³/mol. The number of aromatic nitrogens is 2. The van der Waals surface area contributed by atoms with Crippen LogP contribution in [0.4, 0.5) is 5.69 Å². The highest BCUT2D eigenvalue weighted by molar-refractivity contribution is 5.96. The summed E-state index contributed by atoms with van der Waals surface area (Å²) in [6.07, 6.45) is 3.30. The van der Waals surface area contributed by atoms with Crippen molar-refractivity contribution >= 4 is 42.3 Å². The Kier molecular flexibility index (Phi) is 10.0. The van der Waals surface area contributed by atoms with Crippen LogP contribution in [0.2, 0.25) is 0 Å². The molecule has 0 saturated heterocycles. The zero-order valence-corrected chi connectivity index (χ0v) is 14.2. The fraction of sp³-hybridized carbons (Fsp3) is 0.583. The van der Waals surface area contributed by atoms with Gasteiger partial charge in [-0.2, -0.15) is 5.10 Å². The molecular formula is C12H23Cl2N5O2. The van der Waals surface area contributed by atoms with Crippen LogP contribution >= 0.6 is 24.8 Å². The number of nitrogens with zero attached hydrogens (tertiary/aromatic N) is 3. The molecule has 0 saturated carbocycles. The van der Waals surface area contributed by atoms with Gasteiger partial charge in [-0.25, -0.2) is 0 Å². The fourth-order valence-electron chi connectivity index (χ4n) is 1.43. The molecule has 0 aliphatic heterocycles. The van der Waals surface area contributed by atoms with Crippen molar-refractivity contribution in [3.8, 4) is 0 Å². The Hall–Kier alpha value is -1.31. The number of anilines is 1. The molecule has 0 unspecified atom stereocenters. The number of amides is 2. The number of rotatable bonds is 5. The summed E-state index contributed by atoms with van der Waals surface area (Å²) in [6, 6.07) is -0.600. The van der Waals surface area contributed by atoms with Gasteiger partial charge in [0, 0.05) is 20.3 Å². The van der Waals surface area contributed by atoms with Gasteiger partial charge in [0.05, 0.1) is 24.5 Å². The van der Waals surface area contributed by atoms with Crippen molar-refractivity contribution in [3.63, 3.8) is 0 Å². The molecule has 0 aliphatic rings. The normalized spacial score (nSPS) is 11.1. The first-order chi connectivity index (χ1) is 8.82. The van der Waals surface area contributed by atoms with E-state index in [9.17, 15) is 9.59 Å². The molecule has 3 N–H and O–H groups in total. The van der Waals surface area contributed by atoms with Gasteiger partial charge >= 0.3 is 0 Å². The standard InChI is InChI=1S/C12H21N5O2.2ClH/c1-8(2)11(13)12(19)14-6-10(18)17(4)9-5-15-16(3)7-9;;/h5,7-8,11H,6,13H2,1-4H3,(H,14,19);2*1H/t11-;;/m0../s1. The summed E-state index contributed by atoms with van der Waals surface area (Å²) in [5.41, 5.74) is 6.36. The molecule has 1 atom stereocenters. The van der Waals surface area contributed by atoms with Gasteiger partial charge in [0.15, 0.2) is 0 Å². The minimum Gasteiger partial charge on any atom is -0.346 e. The number of carbonyl (C=O) groups excluding carboxylic acids is 2. The van der Waals surface area contributed by atoms with Gasteiger partial charge < -0.3 is 16.0 Å². The predicted octanol–water partition coefficient (Wildman–Crippen LogP) is 0.326. The number of likely N-dealkylation sites (N-methyl/N-ethyl adjacent to an activating group) is 1. The van der Waals surface area contributed by atoms with E-state index in [1.807, 2.05) is 13.8 Å². The Labute approximate surface area is 137 Å². The number of aryl methyl sites for hydroxylation is 1. The quantitative estimate of drug-likeness (QED) is 0.808. The minimum atomic E-state index is -0.600. The zero-order valence-electron chi connectivity index (χ0n) is 12.6. The number of hydrogen-bond donors (Lipinski definition) is 2. The largest absolute Gasteiger partial charge is 0.346 e. The van der Waals surface area contributed by atoms with Crippen LogP contribution in [0.5, 0.6) is 0 Å². The minimum absolute atomic E-state index is 0. The summed E-state index contributed by atoms with van der Waals surface area (Å²) in [7, 11) is 3.40. The maximum atomic E-state index is 11.9. The van der Waals surface area contributed by atoms with Crippen LogP contribution in [-0.2, 0) is 16.6 Å². The van der Waals surface area contributed by atoms with Gasteiger partial charge in [-0.3, -0.25) is 14.3 Å². The molecule has 1 heterocycles. The van der Waals surface area contributed by atoms with E-state index in [4.69, 9.17) is 5.73 Å². The van der Waals surface area contributed by atoms with Crippen molar-refractivity contribution in [3.05, 3.63) is 12.4 Å². The van der Waals surface area contributed by atoms with Crippen LogP contribution in [0, 0.1) is 5.92 Å². The monoisotopic (exact) mass is 339 g/mol. The first-order valence-corrected chi connectivity index (χ1v) is 6.11. The summed E-state index contributed by atoms with van der Waals surface area (Å²) >= 11 is 0. The molecule has 1 aromatic rings. The lowest BCUT2D eigenvalue weighted by Crippen LogP contribution is -2.47. The Balaban J connectivity index is 0. The molecular weight excluding hydrogens is 317 g/mol. The van der Waals surface area contributed by atoms with Crippen molar-refractivity contribution in [2.24, 2.45) is 18.7 Å². The smallest absolute Gasteiger partial charge is 0.246 e. The number of nitrogens with one attached hydrogen (secondary N) is 1. The van der Waals surface area contributed by atoms with Crippen molar-refractivity contribution in [1.29, 1.82) is 0 Å². The highest BCUT2D eigenvalue weighted by Gasteiger charge is 2.19. The van der Waals surface area contributed by atoms with E-state index in [2.05, 4.69) is 10.4 Å². The van der Waals surface area contributed by atoms with Crippen molar-refractivity contribution in [2.75, 3.05) is 18.5 Å². The Morgan fingerprint density at radius 2 is 2.00 bits per heavy atom. The van der Waals surface area contributed by atoms with Gasteiger partial charge in [-0.15, -0.1) is 24.8 Å². The Bertz CT molecular complexity index is 464. The molecule has 21 heavy (non-hydrogen) atoms. The van der Waals surface area contributed by atoms with E-state index in [1.165, 1.54) is 4.90 Å². The zero-order chi connectivity index (χ0) is 14.6. The van der Waals surface area contributed by atoms with Gasteiger partial charge in [-0.1, -0.05) is 13.8 Å². The number of hydrogen-bond acceptors (Lipinski definition) is 4. The van der Waals surface area contributed by atoms with Crippen LogP contribution < -0.4 is 16.0 Å². The van der Waals surface area contributed by atoms with Crippen LogP contribution in [-0.4, -0.2) is 41.2 Å². The summed E-state index contributed by atoms with van der Waals surface area (Å²) in [5, 5.41) is 6.52. The average Bonchev–Trinajstić information content (AvgIpc) is 2.80. The Morgan fingerprint density at radius 1 is 1.43 bits per heavy atom. The lowest BCUT2D eigenvalue weighted by molar-refractivity contribution is -0.126.